The zero-order valence-corrected chi connectivity index (χ0v) is 20.5. The molecule has 0 saturated carbocycles. The Morgan fingerprint density at radius 3 is 2.24 bits per heavy atom. The number of imide groups is 1. The molecule has 186 valence electrons. The predicted octanol–water partition coefficient (Wildman–Crippen LogP) is 5.37. The molecule has 2 amide bonds. The Balaban J connectivity index is 1.47. The second-order valence-corrected chi connectivity index (χ2v) is 9.88. The van der Waals surface area contributed by atoms with Crippen molar-refractivity contribution < 1.29 is 23.9 Å². The first-order valence-corrected chi connectivity index (χ1v) is 12.6. The summed E-state index contributed by atoms with van der Waals surface area (Å²) in [5.74, 6) is -2.93. The number of ether oxygens (including phenoxy) is 2. The number of esters is 1. The van der Waals surface area contributed by atoms with Crippen molar-refractivity contribution in [3.63, 3.8) is 0 Å². The summed E-state index contributed by atoms with van der Waals surface area (Å²) in [6, 6.07) is 28.1. The molecule has 3 aliphatic rings. The van der Waals surface area contributed by atoms with Crippen molar-refractivity contribution in [2.24, 2.45) is 17.8 Å². The van der Waals surface area contributed by atoms with Gasteiger partial charge in [-0.3, -0.25) is 14.4 Å². The van der Waals surface area contributed by atoms with E-state index in [-0.39, 0.29) is 11.8 Å². The third-order valence-electron chi connectivity index (χ3n) is 8.00. The minimum absolute atomic E-state index is 0.307. The summed E-state index contributed by atoms with van der Waals surface area (Å²) in [6.07, 6.45) is 2.01. The van der Waals surface area contributed by atoms with Gasteiger partial charge < -0.3 is 9.47 Å². The number of methoxy groups -OCH3 is 1. The van der Waals surface area contributed by atoms with E-state index in [0.29, 0.717) is 17.2 Å². The lowest BCUT2D eigenvalue weighted by Crippen LogP contribution is -2.42. The highest BCUT2D eigenvalue weighted by atomic mass is 16.5. The fraction of sp³-hybridized carbons (Fsp3) is 0.156. The van der Waals surface area contributed by atoms with Crippen LogP contribution in [0, 0.1) is 17.8 Å². The van der Waals surface area contributed by atoms with Crippen LogP contribution in [0.1, 0.15) is 17.0 Å². The van der Waals surface area contributed by atoms with Crippen LogP contribution in [0.4, 0.5) is 5.69 Å². The van der Waals surface area contributed by atoms with Crippen LogP contribution in [-0.4, -0.2) is 24.9 Å². The third-order valence-corrected chi connectivity index (χ3v) is 8.00. The van der Waals surface area contributed by atoms with Crippen LogP contribution in [0.5, 0.6) is 11.5 Å². The van der Waals surface area contributed by atoms with E-state index in [0.717, 1.165) is 27.5 Å². The van der Waals surface area contributed by atoms with Gasteiger partial charge in [-0.2, -0.15) is 0 Å². The van der Waals surface area contributed by atoms with Gasteiger partial charge in [0.1, 0.15) is 11.5 Å². The van der Waals surface area contributed by atoms with Gasteiger partial charge in [0.2, 0.25) is 11.8 Å². The number of fused-ring (bicyclic) bond motifs is 7. The summed E-state index contributed by atoms with van der Waals surface area (Å²) >= 11 is 0. The van der Waals surface area contributed by atoms with Crippen molar-refractivity contribution in [3.8, 4) is 11.5 Å². The highest BCUT2D eigenvalue weighted by molar-refractivity contribution is 6.25. The molecule has 2 aliphatic heterocycles. The van der Waals surface area contributed by atoms with Crippen molar-refractivity contribution in [2.45, 2.75) is 5.92 Å². The molecule has 2 heterocycles. The number of nitrogens with zero attached hydrogens (tertiary/aromatic N) is 1. The quantitative estimate of drug-likeness (QED) is 0.214. The number of benzene rings is 4. The standard InChI is InChI=1S/C32H23NO5/c1-37-21-14-11-19(12-15-21)23-17-24-26-22-10-6-5-7-18(22)13-16-25(26)38-32(36)28(24)29-27(23)30(34)33(31(29)35)20-8-3-2-4-9-20/h2-17,23,27-29H,1H3/t23-,27-,28-,29-/m0/s1. The SMILES string of the molecule is COc1ccc([C@@H]2C=C3c4c(ccc5ccccc45)OC(=O)[C@@H]3[C@H]3C(=O)N(c4ccccc4)C(=O)[C@H]32)cc1. The molecule has 0 aromatic heterocycles. The zero-order valence-electron chi connectivity index (χ0n) is 20.5. The van der Waals surface area contributed by atoms with Crippen LogP contribution in [0.2, 0.25) is 0 Å². The Kier molecular flexibility index (Phi) is 4.98. The molecular weight excluding hydrogens is 478 g/mol. The first kappa shape index (κ1) is 22.5. The average Bonchev–Trinajstić information content (AvgIpc) is 3.22. The number of carbonyl (C=O) groups is 3. The minimum Gasteiger partial charge on any atom is -0.497 e. The molecule has 4 aromatic carbocycles. The van der Waals surface area contributed by atoms with Crippen molar-refractivity contribution in [3.05, 3.63) is 108 Å². The second kappa shape index (κ2) is 8.42. The Morgan fingerprint density at radius 1 is 0.763 bits per heavy atom. The summed E-state index contributed by atoms with van der Waals surface area (Å²) in [6.45, 7) is 0. The van der Waals surface area contributed by atoms with Crippen molar-refractivity contribution >= 4 is 39.8 Å². The van der Waals surface area contributed by atoms with E-state index < -0.39 is 29.6 Å². The Labute approximate surface area is 219 Å². The molecule has 0 unspecified atom stereocenters. The van der Waals surface area contributed by atoms with Crippen molar-refractivity contribution in [1.29, 1.82) is 0 Å². The largest absolute Gasteiger partial charge is 0.497 e. The molecule has 1 fully saturated rings. The van der Waals surface area contributed by atoms with Crippen LogP contribution in [0.3, 0.4) is 0 Å². The molecule has 4 aromatic rings. The number of anilines is 1. The molecule has 6 heteroatoms. The van der Waals surface area contributed by atoms with Crippen molar-refractivity contribution in [1.82, 2.24) is 0 Å². The molecule has 0 spiro atoms. The first-order valence-electron chi connectivity index (χ1n) is 12.6. The maximum atomic E-state index is 14.1. The third kappa shape index (κ3) is 3.16. The smallest absolute Gasteiger partial charge is 0.319 e. The summed E-state index contributed by atoms with van der Waals surface area (Å²) < 4.78 is 11.2. The maximum absolute atomic E-state index is 14.1. The van der Waals surface area contributed by atoms with Gasteiger partial charge in [-0.15, -0.1) is 0 Å². The molecule has 1 saturated heterocycles. The van der Waals surface area contributed by atoms with E-state index >= 15 is 0 Å². The van der Waals surface area contributed by atoms with Gasteiger partial charge in [0.25, 0.3) is 0 Å². The van der Waals surface area contributed by atoms with E-state index in [1.165, 1.54) is 4.90 Å². The molecule has 6 nitrogen and oxygen atoms in total. The van der Waals surface area contributed by atoms with Gasteiger partial charge >= 0.3 is 5.97 Å². The number of carbonyl (C=O) groups excluding carboxylic acids is 3. The van der Waals surface area contributed by atoms with E-state index in [4.69, 9.17) is 9.47 Å². The molecule has 7 rings (SSSR count). The fourth-order valence-electron chi connectivity index (χ4n) is 6.31. The lowest BCUT2D eigenvalue weighted by atomic mass is 9.64. The molecular formula is C32H23NO5. The zero-order chi connectivity index (χ0) is 26.0. The van der Waals surface area contributed by atoms with Gasteiger partial charge in [-0.05, 0) is 52.2 Å². The molecule has 0 bridgehead atoms. The maximum Gasteiger partial charge on any atom is 0.319 e. The monoisotopic (exact) mass is 501 g/mol. The number of para-hydroxylation sites is 1. The predicted molar refractivity (Wildman–Crippen MR) is 143 cm³/mol. The van der Waals surface area contributed by atoms with Crippen LogP contribution in [-0.2, 0) is 14.4 Å². The average molecular weight is 502 g/mol. The van der Waals surface area contributed by atoms with E-state index in [1.807, 2.05) is 66.7 Å². The fourth-order valence-corrected chi connectivity index (χ4v) is 6.31. The first-order chi connectivity index (χ1) is 18.6. The molecule has 0 N–H and O–H groups in total. The summed E-state index contributed by atoms with van der Waals surface area (Å²) in [4.78, 5) is 42.8. The van der Waals surface area contributed by atoms with Gasteiger partial charge in [-0.25, -0.2) is 4.90 Å². The lowest BCUT2D eigenvalue weighted by molar-refractivity contribution is -0.142. The number of allylic oxidation sites excluding steroid dienone is 1. The van der Waals surface area contributed by atoms with Gasteiger partial charge in [0.15, 0.2) is 0 Å². The van der Waals surface area contributed by atoms with E-state index in [9.17, 15) is 14.4 Å². The topological polar surface area (TPSA) is 72.9 Å². The van der Waals surface area contributed by atoms with Gasteiger partial charge in [0, 0.05) is 11.5 Å². The van der Waals surface area contributed by atoms with Gasteiger partial charge in [-0.1, -0.05) is 66.7 Å². The molecule has 0 radical (unpaired) electrons. The van der Waals surface area contributed by atoms with Crippen molar-refractivity contribution in [2.75, 3.05) is 12.0 Å². The normalized spacial score (nSPS) is 23.9. The summed E-state index contributed by atoms with van der Waals surface area (Å²) in [5, 5.41) is 1.95. The molecule has 38 heavy (non-hydrogen) atoms. The van der Waals surface area contributed by atoms with Crippen LogP contribution in [0.25, 0.3) is 16.3 Å². The number of hydrogen-bond acceptors (Lipinski definition) is 5. The van der Waals surface area contributed by atoms with Crippen LogP contribution < -0.4 is 14.4 Å². The highest BCUT2D eigenvalue weighted by Crippen LogP contribution is 2.55. The summed E-state index contributed by atoms with van der Waals surface area (Å²) in [7, 11) is 1.60. The number of rotatable bonds is 3. The van der Waals surface area contributed by atoms with Crippen LogP contribution >= 0.6 is 0 Å². The Morgan fingerprint density at radius 2 is 1.47 bits per heavy atom. The highest BCUT2D eigenvalue weighted by Gasteiger charge is 2.60. The number of hydrogen-bond donors (Lipinski definition) is 0. The van der Waals surface area contributed by atoms with Gasteiger partial charge in [0.05, 0.1) is 30.6 Å². The lowest BCUT2D eigenvalue weighted by Gasteiger charge is -2.38. The molecule has 1 aliphatic carbocycles. The summed E-state index contributed by atoms with van der Waals surface area (Å²) in [5.41, 5.74) is 2.93. The van der Waals surface area contributed by atoms with E-state index in [1.54, 1.807) is 37.4 Å². The van der Waals surface area contributed by atoms with E-state index in [2.05, 4.69) is 0 Å². The minimum atomic E-state index is -0.880. The Bertz CT molecular complexity index is 1660. The number of amides is 2. The van der Waals surface area contributed by atoms with Crippen LogP contribution in [0.15, 0.2) is 97.1 Å². The Hall–Kier alpha value is -4.71. The second-order valence-electron chi connectivity index (χ2n) is 9.88. The molecule has 4 atom stereocenters.